The van der Waals surface area contributed by atoms with Crippen molar-refractivity contribution in [3.63, 3.8) is 0 Å². The summed E-state index contributed by atoms with van der Waals surface area (Å²) in [6, 6.07) is 18.2. The zero-order chi connectivity index (χ0) is 27.8. The van der Waals surface area contributed by atoms with Crippen molar-refractivity contribution in [3.8, 4) is 0 Å². The number of hydrogen-bond acceptors (Lipinski definition) is 4. The van der Waals surface area contributed by atoms with Gasteiger partial charge < -0.3 is 25.6 Å². The highest BCUT2D eigenvalue weighted by molar-refractivity contribution is 5.77. The monoisotopic (exact) mass is 526 g/mol. The van der Waals surface area contributed by atoms with Crippen molar-refractivity contribution in [1.29, 1.82) is 0 Å². The lowest BCUT2D eigenvalue weighted by Crippen LogP contribution is -2.39. The van der Waals surface area contributed by atoms with Crippen LogP contribution >= 0.6 is 0 Å². The van der Waals surface area contributed by atoms with E-state index >= 15 is 0 Å². The molecule has 0 unspecified atom stereocenters. The van der Waals surface area contributed by atoms with Crippen LogP contribution in [0.3, 0.4) is 0 Å². The first-order valence-electron chi connectivity index (χ1n) is 13.9. The average molecular weight is 527 g/mol. The van der Waals surface area contributed by atoms with Crippen LogP contribution in [0.4, 0.5) is 4.79 Å². The highest BCUT2D eigenvalue weighted by atomic mass is 16.5. The maximum absolute atomic E-state index is 11.7. The van der Waals surface area contributed by atoms with Gasteiger partial charge in [0.2, 0.25) is 5.91 Å². The van der Waals surface area contributed by atoms with E-state index in [2.05, 4.69) is 24.3 Å². The number of aryl methyl sites for hydroxylation is 2. The zero-order valence-corrected chi connectivity index (χ0v) is 23.1. The van der Waals surface area contributed by atoms with Crippen LogP contribution in [0.5, 0.6) is 0 Å². The van der Waals surface area contributed by atoms with Crippen molar-refractivity contribution in [3.05, 3.63) is 71.3 Å². The molecule has 1 fully saturated rings. The number of aliphatic hydroxyl groups excluding tert-OH is 1. The Morgan fingerprint density at radius 1 is 0.947 bits per heavy atom. The van der Waals surface area contributed by atoms with E-state index in [1.807, 2.05) is 44.2 Å². The van der Waals surface area contributed by atoms with Crippen molar-refractivity contribution >= 4 is 12.0 Å². The maximum atomic E-state index is 11.7. The molecule has 1 aliphatic carbocycles. The van der Waals surface area contributed by atoms with Gasteiger partial charge in [-0.3, -0.25) is 4.79 Å². The molecule has 4 rings (SSSR count). The summed E-state index contributed by atoms with van der Waals surface area (Å²) >= 11 is 0. The van der Waals surface area contributed by atoms with Gasteiger partial charge in [-0.25, -0.2) is 4.79 Å². The van der Waals surface area contributed by atoms with Crippen LogP contribution in [-0.4, -0.2) is 59.5 Å². The molecule has 1 saturated heterocycles. The Balaban J connectivity index is 0.000000287. The maximum Gasteiger partial charge on any atom is 0.407 e. The number of carboxylic acid groups (broad SMARTS) is 1. The summed E-state index contributed by atoms with van der Waals surface area (Å²) in [5, 5.41) is 19.5. The number of nitrogens with zero attached hydrogens (tertiary/aromatic N) is 1. The third-order valence-corrected chi connectivity index (χ3v) is 6.80. The minimum atomic E-state index is -1.06. The summed E-state index contributed by atoms with van der Waals surface area (Å²) in [5.74, 6) is -0.634. The zero-order valence-electron chi connectivity index (χ0n) is 23.1. The Labute approximate surface area is 228 Å². The number of aliphatic hydroxyl groups is 1. The lowest BCUT2D eigenvalue weighted by molar-refractivity contribution is -0.122. The summed E-state index contributed by atoms with van der Waals surface area (Å²) in [5.41, 5.74) is 9.54. The van der Waals surface area contributed by atoms with Crippen LogP contribution in [0.15, 0.2) is 54.6 Å². The molecule has 2 atom stereocenters. The molecule has 2 aromatic carbocycles. The molecule has 2 amide bonds. The molecule has 4 N–H and O–H groups in total. The summed E-state index contributed by atoms with van der Waals surface area (Å²) in [4.78, 5) is 24.1. The number of primary amides is 1. The van der Waals surface area contributed by atoms with Gasteiger partial charge in [0.15, 0.2) is 0 Å². The van der Waals surface area contributed by atoms with Crippen LogP contribution in [0, 0.1) is 11.8 Å². The van der Waals surface area contributed by atoms with Gasteiger partial charge in [0, 0.05) is 32.2 Å². The third-order valence-electron chi connectivity index (χ3n) is 6.80. The lowest BCUT2D eigenvalue weighted by Gasteiger charge is -2.25. The number of hydrogen-bond donors (Lipinski definition) is 3. The number of carbonyl (C=O) groups excluding carboxylic acids is 1. The molecule has 7 heteroatoms. The van der Waals surface area contributed by atoms with Crippen molar-refractivity contribution in [1.82, 2.24) is 4.90 Å². The predicted molar refractivity (Wildman–Crippen MR) is 151 cm³/mol. The number of carbonyl (C=O) groups is 2. The Bertz CT molecular complexity index is 916. The lowest BCUT2D eigenvalue weighted by atomic mass is 9.93. The Kier molecular flexibility index (Phi) is 14.5. The molecule has 7 nitrogen and oxygen atoms in total. The highest BCUT2D eigenvalue weighted by Crippen LogP contribution is 2.20. The van der Waals surface area contributed by atoms with Gasteiger partial charge in [0.05, 0.1) is 6.10 Å². The number of ether oxygens (including phenoxy) is 1. The number of nitrogens with two attached hydrogens (primary N) is 1. The molecule has 0 bridgehead atoms. The average Bonchev–Trinajstić information content (AvgIpc) is 3.62. The first-order valence-corrected chi connectivity index (χ1v) is 13.9. The van der Waals surface area contributed by atoms with E-state index in [-0.39, 0.29) is 13.0 Å². The van der Waals surface area contributed by atoms with Crippen LogP contribution in [-0.2, 0) is 28.8 Å². The summed E-state index contributed by atoms with van der Waals surface area (Å²) in [6.07, 6.45) is 5.85. The minimum Gasteiger partial charge on any atom is -0.465 e. The predicted octanol–water partition coefficient (Wildman–Crippen LogP) is 5.08. The van der Waals surface area contributed by atoms with E-state index in [4.69, 9.17) is 10.5 Å². The molecule has 0 spiro atoms. The van der Waals surface area contributed by atoms with Crippen LogP contribution in [0.25, 0.3) is 0 Å². The number of benzene rings is 2. The quantitative estimate of drug-likeness (QED) is 0.400. The Morgan fingerprint density at radius 2 is 1.53 bits per heavy atom. The second-order valence-corrected chi connectivity index (χ2v) is 10.5. The van der Waals surface area contributed by atoms with E-state index in [0.717, 1.165) is 25.2 Å². The molecule has 1 aliphatic heterocycles. The summed E-state index contributed by atoms with van der Waals surface area (Å²) in [7, 11) is 0. The molecule has 0 radical (unpaired) electrons. The smallest absolute Gasteiger partial charge is 0.407 e. The third kappa shape index (κ3) is 12.6. The van der Waals surface area contributed by atoms with E-state index < -0.39 is 24.0 Å². The van der Waals surface area contributed by atoms with E-state index in [0.29, 0.717) is 18.9 Å². The normalized spacial score (nSPS) is 15.4. The van der Waals surface area contributed by atoms with Gasteiger partial charge in [-0.15, -0.1) is 0 Å². The van der Waals surface area contributed by atoms with E-state index in [1.165, 1.54) is 37.0 Å². The van der Waals surface area contributed by atoms with Crippen LogP contribution < -0.4 is 5.73 Å². The molecule has 1 heterocycles. The topological polar surface area (TPSA) is 113 Å². The van der Waals surface area contributed by atoms with Crippen molar-refractivity contribution in [2.45, 2.75) is 71.3 Å². The van der Waals surface area contributed by atoms with Gasteiger partial charge in [-0.05, 0) is 74.0 Å². The molecule has 0 aromatic heterocycles. The fraction of sp³-hybridized carbons (Fsp3) is 0.548. The van der Waals surface area contributed by atoms with Gasteiger partial charge in [0.1, 0.15) is 0 Å². The van der Waals surface area contributed by atoms with Gasteiger partial charge in [0.25, 0.3) is 0 Å². The fourth-order valence-corrected chi connectivity index (χ4v) is 4.56. The standard InChI is InChI=1S/C18H28N2O4.C9H10.C4H8O/c1-13(2)8-9-20(18(23)24)12-16(21)11-15(17(19)22)10-14-6-4-3-5-7-14;1-2-5-9-7-3-6-8(9)4-1;1-2-4-5-3-1/h3-7,13,15-16,21H,8-12H2,1-2H3,(H2,19,22)(H,23,24);1-2,4-5H,3,6-7H2;1-4H2/t15-,16+;;/m1../s1. The molecule has 0 saturated carbocycles. The Morgan fingerprint density at radius 3 is 2.00 bits per heavy atom. The first kappa shape index (κ1) is 31.3. The van der Waals surface area contributed by atoms with E-state index in [1.54, 1.807) is 11.1 Å². The minimum absolute atomic E-state index is 0.0133. The van der Waals surface area contributed by atoms with Crippen LogP contribution in [0.2, 0.25) is 0 Å². The number of rotatable bonds is 10. The SMILES string of the molecule is C1CCOC1.CC(C)CCN(C[C@@H](O)C[C@@H](Cc1ccccc1)C(N)=O)C(=O)O.c1ccc2c(c1)CCC2. The second kappa shape index (κ2) is 17.6. The number of fused-ring (bicyclic) bond motifs is 1. The van der Waals surface area contributed by atoms with E-state index in [9.17, 15) is 19.8 Å². The molecule has 210 valence electrons. The molecule has 2 aromatic rings. The number of amides is 2. The molecule has 38 heavy (non-hydrogen) atoms. The van der Waals surface area contributed by atoms with Crippen molar-refractivity contribution < 1.29 is 24.5 Å². The van der Waals surface area contributed by atoms with Gasteiger partial charge in [-0.2, -0.15) is 0 Å². The molecule has 2 aliphatic rings. The summed E-state index contributed by atoms with van der Waals surface area (Å²) in [6.45, 7) is 6.38. The second-order valence-electron chi connectivity index (χ2n) is 10.5. The summed E-state index contributed by atoms with van der Waals surface area (Å²) < 4.78 is 4.94. The largest absolute Gasteiger partial charge is 0.465 e. The van der Waals surface area contributed by atoms with Gasteiger partial charge in [-0.1, -0.05) is 68.4 Å². The fourth-order valence-electron chi connectivity index (χ4n) is 4.56. The van der Waals surface area contributed by atoms with Gasteiger partial charge >= 0.3 is 6.09 Å². The van der Waals surface area contributed by atoms with Crippen LogP contribution in [0.1, 0.15) is 62.6 Å². The first-order chi connectivity index (χ1) is 18.3. The Hall–Kier alpha value is -2.90. The molecular weight excluding hydrogens is 480 g/mol. The molecular formula is C31H46N2O5. The highest BCUT2D eigenvalue weighted by Gasteiger charge is 2.23. The van der Waals surface area contributed by atoms with Crippen molar-refractivity contribution in [2.24, 2.45) is 17.6 Å². The van der Waals surface area contributed by atoms with Crippen molar-refractivity contribution in [2.75, 3.05) is 26.3 Å².